The van der Waals surface area contributed by atoms with Gasteiger partial charge in [-0.25, -0.2) is 4.98 Å². The minimum atomic E-state index is 0.891. The molecule has 2 heterocycles. The van der Waals surface area contributed by atoms with Crippen LogP contribution in [0.25, 0.3) is 0 Å². The molecule has 0 saturated carbocycles. The first-order valence-corrected chi connectivity index (χ1v) is 4.72. The summed E-state index contributed by atoms with van der Waals surface area (Å²) in [6.45, 7) is 5.34. The second-order valence-electron chi connectivity index (χ2n) is 3.31. The van der Waals surface area contributed by atoms with Crippen LogP contribution in [0.3, 0.4) is 0 Å². The minimum absolute atomic E-state index is 0.891. The molecule has 5 heteroatoms. The van der Waals surface area contributed by atoms with E-state index >= 15 is 0 Å². The zero-order valence-corrected chi connectivity index (χ0v) is 7.66. The SMILES string of the molecule is c1n[nH]c(CN2CCCNCC2)n1. The van der Waals surface area contributed by atoms with Gasteiger partial charge in [-0.15, -0.1) is 0 Å². The molecule has 0 aromatic carbocycles. The third kappa shape index (κ3) is 2.50. The summed E-state index contributed by atoms with van der Waals surface area (Å²) in [6, 6.07) is 0. The van der Waals surface area contributed by atoms with E-state index in [-0.39, 0.29) is 0 Å². The van der Waals surface area contributed by atoms with Gasteiger partial charge in [0.2, 0.25) is 0 Å². The molecule has 0 atom stereocenters. The number of rotatable bonds is 2. The fourth-order valence-electron chi connectivity index (χ4n) is 1.58. The summed E-state index contributed by atoms with van der Waals surface area (Å²) in [5.41, 5.74) is 0. The Labute approximate surface area is 77.5 Å². The summed E-state index contributed by atoms with van der Waals surface area (Å²) in [5.74, 6) is 0.960. The summed E-state index contributed by atoms with van der Waals surface area (Å²) in [4.78, 5) is 6.50. The summed E-state index contributed by atoms with van der Waals surface area (Å²) in [6.07, 6.45) is 2.78. The van der Waals surface area contributed by atoms with Crippen molar-refractivity contribution in [3.8, 4) is 0 Å². The van der Waals surface area contributed by atoms with Crippen LogP contribution in [0.4, 0.5) is 0 Å². The molecule has 72 valence electrons. The normalized spacial score (nSPS) is 20.0. The molecule has 13 heavy (non-hydrogen) atoms. The molecular formula is C8H15N5. The van der Waals surface area contributed by atoms with E-state index in [1.807, 2.05) is 0 Å². The lowest BCUT2D eigenvalue weighted by molar-refractivity contribution is 0.277. The van der Waals surface area contributed by atoms with Crippen LogP contribution >= 0.6 is 0 Å². The van der Waals surface area contributed by atoms with Crippen LogP contribution in [0.1, 0.15) is 12.2 Å². The Balaban J connectivity index is 1.86. The van der Waals surface area contributed by atoms with Gasteiger partial charge in [0, 0.05) is 13.1 Å². The summed E-state index contributed by atoms with van der Waals surface area (Å²) >= 11 is 0. The zero-order valence-electron chi connectivity index (χ0n) is 7.66. The maximum Gasteiger partial charge on any atom is 0.138 e. The number of hydrogen-bond donors (Lipinski definition) is 2. The number of nitrogens with one attached hydrogen (secondary N) is 2. The molecule has 1 aromatic rings. The van der Waals surface area contributed by atoms with Gasteiger partial charge in [0.05, 0.1) is 6.54 Å². The standard InChI is InChI=1S/C8H15N5/c1-2-9-3-5-13(4-1)6-8-10-7-11-12-8/h7,9H,1-6H2,(H,10,11,12). The van der Waals surface area contributed by atoms with Crippen LogP contribution in [0.2, 0.25) is 0 Å². The summed E-state index contributed by atoms with van der Waals surface area (Å²) in [5, 5.41) is 10.1. The van der Waals surface area contributed by atoms with E-state index in [4.69, 9.17) is 0 Å². The molecule has 0 aliphatic carbocycles. The molecule has 0 radical (unpaired) electrons. The number of aromatic amines is 1. The van der Waals surface area contributed by atoms with Gasteiger partial charge < -0.3 is 5.32 Å². The van der Waals surface area contributed by atoms with Gasteiger partial charge in [-0.3, -0.25) is 10.00 Å². The number of hydrogen-bond acceptors (Lipinski definition) is 4. The van der Waals surface area contributed by atoms with Gasteiger partial charge in [-0.1, -0.05) is 0 Å². The highest BCUT2D eigenvalue weighted by molar-refractivity contribution is 4.81. The molecule has 1 aliphatic rings. The van der Waals surface area contributed by atoms with Crippen LogP contribution in [-0.4, -0.2) is 46.3 Å². The van der Waals surface area contributed by atoms with Crippen molar-refractivity contribution in [2.24, 2.45) is 0 Å². The lowest BCUT2D eigenvalue weighted by Crippen LogP contribution is -2.28. The molecule has 1 aromatic heterocycles. The predicted molar refractivity (Wildman–Crippen MR) is 49.1 cm³/mol. The van der Waals surface area contributed by atoms with E-state index in [1.165, 1.54) is 6.42 Å². The van der Waals surface area contributed by atoms with Crippen molar-refractivity contribution < 1.29 is 0 Å². The van der Waals surface area contributed by atoms with Gasteiger partial charge in [0.15, 0.2) is 0 Å². The third-order valence-corrected chi connectivity index (χ3v) is 2.27. The van der Waals surface area contributed by atoms with E-state index in [9.17, 15) is 0 Å². The number of H-pyrrole nitrogens is 1. The molecule has 0 bridgehead atoms. The molecular weight excluding hydrogens is 166 g/mol. The Morgan fingerprint density at radius 3 is 3.23 bits per heavy atom. The van der Waals surface area contributed by atoms with Gasteiger partial charge in [0.1, 0.15) is 12.2 Å². The molecule has 1 aliphatic heterocycles. The monoisotopic (exact) mass is 181 g/mol. The molecule has 1 saturated heterocycles. The summed E-state index contributed by atoms with van der Waals surface area (Å²) in [7, 11) is 0. The zero-order chi connectivity index (χ0) is 8.93. The maximum atomic E-state index is 4.11. The first kappa shape index (κ1) is 8.65. The Morgan fingerprint density at radius 1 is 1.38 bits per heavy atom. The third-order valence-electron chi connectivity index (χ3n) is 2.27. The van der Waals surface area contributed by atoms with Gasteiger partial charge in [-0.2, -0.15) is 5.10 Å². The first-order valence-electron chi connectivity index (χ1n) is 4.72. The van der Waals surface area contributed by atoms with Crippen molar-refractivity contribution in [3.63, 3.8) is 0 Å². The van der Waals surface area contributed by atoms with Crippen molar-refractivity contribution in [2.75, 3.05) is 26.2 Å². The average molecular weight is 181 g/mol. The first-order chi connectivity index (χ1) is 6.45. The number of aromatic nitrogens is 3. The number of nitrogens with zero attached hydrogens (tertiary/aromatic N) is 3. The maximum absolute atomic E-state index is 4.11. The van der Waals surface area contributed by atoms with Gasteiger partial charge in [-0.05, 0) is 19.5 Å². The van der Waals surface area contributed by atoms with Crippen molar-refractivity contribution in [3.05, 3.63) is 12.2 Å². The van der Waals surface area contributed by atoms with Crippen LogP contribution in [0, 0.1) is 0 Å². The van der Waals surface area contributed by atoms with Crippen LogP contribution in [-0.2, 0) is 6.54 Å². The van der Waals surface area contributed by atoms with E-state index in [2.05, 4.69) is 25.4 Å². The fraction of sp³-hybridized carbons (Fsp3) is 0.750. The second kappa shape index (κ2) is 4.34. The van der Waals surface area contributed by atoms with Crippen LogP contribution in [0.15, 0.2) is 6.33 Å². The van der Waals surface area contributed by atoms with Crippen molar-refractivity contribution in [2.45, 2.75) is 13.0 Å². The Kier molecular flexibility index (Phi) is 2.89. The molecule has 1 fully saturated rings. The van der Waals surface area contributed by atoms with Gasteiger partial charge in [0.25, 0.3) is 0 Å². The fourth-order valence-corrected chi connectivity index (χ4v) is 1.58. The predicted octanol–water partition coefficient (Wildman–Crippen LogP) is -0.400. The summed E-state index contributed by atoms with van der Waals surface area (Å²) < 4.78 is 0. The molecule has 0 amide bonds. The molecule has 2 N–H and O–H groups in total. The Morgan fingerprint density at radius 2 is 2.38 bits per heavy atom. The quantitative estimate of drug-likeness (QED) is 0.652. The molecule has 0 spiro atoms. The smallest absolute Gasteiger partial charge is 0.138 e. The van der Waals surface area contributed by atoms with Crippen LogP contribution < -0.4 is 5.32 Å². The van der Waals surface area contributed by atoms with Crippen LogP contribution in [0.5, 0.6) is 0 Å². The lowest BCUT2D eigenvalue weighted by atomic mass is 10.4. The van der Waals surface area contributed by atoms with Gasteiger partial charge >= 0.3 is 0 Å². The van der Waals surface area contributed by atoms with E-state index < -0.39 is 0 Å². The Bertz CT molecular complexity index is 225. The molecule has 5 nitrogen and oxygen atoms in total. The topological polar surface area (TPSA) is 56.8 Å². The van der Waals surface area contributed by atoms with Crippen molar-refractivity contribution in [1.29, 1.82) is 0 Å². The van der Waals surface area contributed by atoms with Crippen molar-refractivity contribution >= 4 is 0 Å². The van der Waals surface area contributed by atoms with E-state index in [1.54, 1.807) is 6.33 Å². The average Bonchev–Trinajstić information content (AvgIpc) is 2.49. The van der Waals surface area contributed by atoms with E-state index in [0.29, 0.717) is 0 Å². The molecule has 2 rings (SSSR count). The molecule has 0 unspecified atom stereocenters. The van der Waals surface area contributed by atoms with E-state index in [0.717, 1.165) is 38.5 Å². The largest absolute Gasteiger partial charge is 0.315 e. The second-order valence-corrected chi connectivity index (χ2v) is 3.31. The highest BCUT2D eigenvalue weighted by atomic mass is 15.2. The Hall–Kier alpha value is -0.940. The van der Waals surface area contributed by atoms with Crippen molar-refractivity contribution in [1.82, 2.24) is 25.4 Å². The highest BCUT2D eigenvalue weighted by Crippen LogP contribution is 2.00. The lowest BCUT2D eigenvalue weighted by Gasteiger charge is -2.17. The minimum Gasteiger partial charge on any atom is -0.315 e. The highest BCUT2D eigenvalue weighted by Gasteiger charge is 2.09.